The van der Waals surface area contributed by atoms with Crippen LogP contribution in [0.4, 0.5) is 23.7 Å². The normalized spacial score (nSPS) is 12.5. The molecule has 1 N–H and O–H groups in total. The van der Waals surface area contributed by atoms with Gasteiger partial charge in [0.2, 0.25) is 0 Å². The van der Waals surface area contributed by atoms with Crippen LogP contribution in [0.3, 0.4) is 0 Å². The number of urea groups is 1. The molecule has 140 valence electrons. The first kappa shape index (κ1) is 19.8. The van der Waals surface area contributed by atoms with Gasteiger partial charge in [-0.2, -0.15) is 13.2 Å². The van der Waals surface area contributed by atoms with Crippen molar-refractivity contribution in [3.8, 4) is 0 Å². The van der Waals surface area contributed by atoms with E-state index in [1.807, 2.05) is 0 Å². The number of anilines is 1. The first-order valence-electron chi connectivity index (χ1n) is 7.64. The quantitative estimate of drug-likeness (QED) is 0.850. The molecule has 2 amide bonds. The molecule has 0 unspecified atom stereocenters. The van der Waals surface area contributed by atoms with Gasteiger partial charge in [0, 0.05) is 18.3 Å². The van der Waals surface area contributed by atoms with Crippen molar-refractivity contribution in [1.29, 1.82) is 0 Å². The third kappa shape index (κ3) is 5.01. The van der Waals surface area contributed by atoms with Crippen molar-refractivity contribution in [3.05, 3.63) is 63.5 Å². The lowest BCUT2D eigenvalue weighted by Gasteiger charge is -2.25. The predicted molar refractivity (Wildman–Crippen MR) is 93.4 cm³/mol. The number of nitrogens with one attached hydrogen (secondary N) is 1. The summed E-state index contributed by atoms with van der Waals surface area (Å²) in [6.45, 7) is 0.350. The van der Waals surface area contributed by atoms with Gasteiger partial charge in [-0.25, -0.2) is 4.79 Å². The second-order valence-corrected chi connectivity index (χ2v) is 6.18. The van der Waals surface area contributed by atoms with Gasteiger partial charge in [0.05, 0.1) is 6.04 Å². The van der Waals surface area contributed by atoms with Gasteiger partial charge in [-0.15, -0.1) is 0 Å². The number of rotatable bonds is 4. The van der Waals surface area contributed by atoms with Crippen LogP contribution in [0.2, 0.25) is 5.02 Å². The fourth-order valence-corrected chi connectivity index (χ4v) is 2.42. The van der Waals surface area contributed by atoms with Gasteiger partial charge < -0.3 is 14.8 Å². The summed E-state index contributed by atoms with van der Waals surface area (Å²) in [5.41, 5.74) is -0.336. The zero-order chi connectivity index (χ0) is 19.5. The summed E-state index contributed by atoms with van der Waals surface area (Å²) in [4.78, 5) is 25.8. The Morgan fingerprint density at radius 2 is 1.88 bits per heavy atom. The number of nitrogens with zero attached hydrogens (tertiary/aromatic N) is 2. The Hall–Kier alpha value is -2.48. The molecule has 0 aliphatic heterocycles. The topological polar surface area (TPSA) is 54.3 Å². The second kappa shape index (κ2) is 7.82. The largest absolute Gasteiger partial charge is 0.406 e. The molecule has 9 heteroatoms. The van der Waals surface area contributed by atoms with Crippen LogP contribution in [-0.2, 0) is 6.54 Å². The lowest BCUT2D eigenvalue weighted by molar-refractivity contribution is -0.141. The summed E-state index contributed by atoms with van der Waals surface area (Å²) in [6, 6.07) is 8.46. The molecular weight excluding hydrogens is 371 g/mol. The van der Waals surface area contributed by atoms with E-state index < -0.39 is 24.3 Å². The summed E-state index contributed by atoms with van der Waals surface area (Å²) < 4.78 is 38.0. The van der Waals surface area contributed by atoms with E-state index in [4.69, 9.17) is 11.6 Å². The van der Waals surface area contributed by atoms with Gasteiger partial charge in [-0.1, -0.05) is 23.7 Å². The number of benzene rings is 1. The monoisotopic (exact) mass is 387 g/mol. The Kier molecular flexibility index (Phi) is 5.97. The average molecular weight is 388 g/mol. The molecule has 5 nitrogen and oxygen atoms in total. The van der Waals surface area contributed by atoms with Crippen molar-refractivity contribution < 1.29 is 18.0 Å². The van der Waals surface area contributed by atoms with E-state index in [2.05, 4.69) is 5.32 Å². The standard InChI is InChI=1S/C17H17ClF3N3O2/c1-11(12-5-7-13(18)8-6-12)23(2)16(26)22-14-4-3-9-24(15(14)25)10-17(19,20)21/h3-9,11H,10H2,1-2H3,(H,22,26)/t11-/m0/s1. The van der Waals surface area contributed by atoms with E-state index in [1.54, 1.807) is 31.2 Å². The molecule has 0 saturated heterocycles. The van der Waals surface area contributed by atoms with Gasteiger partial charge >= 0.3 is 12.2 Å². The Bertz CT molecular complexity index is 834. The van der Waals surface area contributed by atoms with Crippen molar-refractivity contribution in [2.75, 3.05) is 12.4 Å². The summed E-state index contributed by atoms with van der Waals surface area (Å²) in [6.07, 6.45) is -3.52. The molecular formula is C17H17ClF3N3O2. The SMILES string of the molecule is C[C@@H](c1ccc(Cl)cc1)N(C)C(=O)Nc1cccn(CC(F)(F)F)c1=O. The summed E-state index contributed by atoms with van der Waals surface area (Å²) in [5.74, 6) is 0. The molecule has 0 spiro atoms. The molecule has 0 aliphatic rings. The predicted octanol–water partition coefficient (Wildman–Crippen LogP) is 4.29. The van der Waals surface area contributed by atoms with Crippen molar-refractivity contribution >= 4 is 23.3 Å². The maximum atomic E-state index is 12.5. The number of pyridine rings is 1. The highest BCUT2D eigenvalue weighted by Gasteiger charge is 2.28. The minimum Gasteiger partial charge on any atom is -0.321 e. The van der Waals surface area contributed by atoms with Crippen LogP contribution in [0.25, 0.3) is 0 Å². The highest BCUT2D eigenvalue weighted by atomic mass is 35.5. The Labute approximate surface area is 153 Å². The molecule has 2 aromatic rings. The molecule has 1 atom stereocenters. The molecule has 0 aliphatic carbocycles. The first-order valence-corrected chi connectivity index (χ1v) is 8.02. The van der Waals surface area contributed by atoms with E-state index in [9.17, 15) is 22.8 Å². The average Bonchev–Trinajstić information content (AvgIpc) is 2.56. The number of amides is 2. The van der Waals surface area contributed by atoms with Gasteiger partial charge in [0.15, 0.2) is 0 Å². The van der Waals surface area contributed by atoms with E-state index in [0.29, 0.717) is 9.59 Å². The van der Waals surface area contributed by atoms with E-state index >= 15 is 0 Å². The third-order valence-electron chi connectivity index (χ3n) is 3.87. The fourth-order valence-electron chi connectivity index (χ4n) is 2.29. The number of carbonyl (C=O) groups is 1. The number of halogens is 4. The Morgan fingerprint density at radius 3 is 2.46 bits per heavy atom. The Balaban J connectivity index is 2.15. The van der Waals surface area contributed by atoms with Crippen LogP contribution in [0.5, 0.6) is 0 Å². The van der Waals surface area contributed by atoms with Gasteiger partial charge in [-0.3, -0.25) is 4.79 Å². The lowest BCUT2D eigenvalue weighted by atomic mass is 10.1. The smallest absolute Gasteiger partial charge is 0.321 e. The zero-order valence-corrected chi connectivity index (χ0v) is 14.8. The second-order valence-electron chi connectivity index (χ2n) is 5.74. The van der Waals surface area contributed by atoms with Crippen molar-refractivity contribution in [1.82, 2.24) is 9.47 Å². The molecule has 0 fully saturated rings. The maximum Gasteiger partial charge on any atom is 0.406 e. The number of aromatic nitrogens is 1. The van der Waals surface area contributed by atoms with Crippen LogP contribution in [-0.4, -0.2) is 28.7 Å². The van der Waals surface area contributed by atoms with Gasteiger partial charge in [-0.05, 0) is 36.8 Å². The van der Waals surface area contributed by atoms with E-state index in [0.717, 1.165) is 11.8 Å². The van der Waals surface area contributed by atoms with Crippen LogP contribution in [0.1, 0.15) is 18.5 Å². The van der Waals surface area contributed by atoms with Crippen LogP contribution >= 0.6 is 11.6 Å². The molecule has 0 saturated carbocycles. The first-order chi connectivity index (χ1) is 12.1. The van der Waals surface area contributed by atoms with Crippen LogP contribution < -0.4 is 10.9 Å². The Morgan fingerprint density at radius 1 is 1.27 bits per heavy atom. The molecule has 0 bridgehead atoms. The van der Waals surface area contributed by atoms with Gasteiger partial charge in [0.1, 0.15) is 12.2 Å². The molecule has 0 radical (unpaired) electrons. The maximum absolute atomic E-state index is 12.5. The number of carbonyl (C=O) groups excluding carboxylic acids is 1. The molecule has 1 heterocycles. The lowest BCUT2D eigenvalue weighted by Crippen LogP contribution is -2.36. The molecule has 2 rings (SSSR count). The number of hydrogen-bond acceptors (Lipinski definition) is 2. The van der Waals surface area contributed by atoms with Crippen molar-refractivity contribution in [2.45, 2.75) is 25.7 Å². The summed E-state index contributed by atoms with van der Waals surface area (Å²) in [7, 11) is 1.52. The minimum atomic E-state index is -4.54. The summed E-state index contributed by atoms with van der Waals surface area (Å²) in [5, 5.41) is 2.92. The number of hydrogen-bond donors (Lipinski definition) is 1. The molecule has 1 aromatic carbocycles. The minimum absolute atomic E-state index is 0.225. The fraction of sp³-hybridized carbons (Fsp3) is 0.294. The third-order valence-corrected chi connectivity index (χ3v) is 4.12. The van der Waals surface area contributed by atoms with Crippen LogP contribution in [0, 0.1) is 0 Å². The van der Waals surface area contributed by atoms with E-state index in [1.165, 1.54) is 24.1 Å². The highest BCUT2D eigenvalue weighted by molar-refractivity contribution is 6.30. The van der Waals surface area contributed by atoms with Crippen molar-refractivity contribution in [3.63, 3.8) is 0 Å². The van der Waals surface area contributed by atoms with Crippen LogP contribution in [0.15, 0.2) is 47.4 Å². The molecule has 1 aromatic heterocycles. The molecule has 26 heavy (non-hydrogen) atoms. The van der Waals surface area contributed by atoms with E-state index in [-0.39, 0.29) is 11.7 Å². The zero-order valence-electron chi connectivity index (χ0n) is 14.0. The number of alkyl halides is 3. The highest BCUT2D eigenvalue weighted by Crippen LogP contribution is 2.21. The summed E-state index contributed by atoms with van der Waals surface area (Å²) >= 11 is 5.83. The van der Waals surface area contributed by atoms with Crippen molar-refractivity contribution in [2.24, 2.45) is 0 Å². The van der Waals surface area contributed by atoms with Gasteiger partial charge in [0.25, 0.3) is 5.56 Å².